The summed E-state index contributed by atoms with van der Waals surface area (Å²) in [5.74, 6) is -11.7. The van der Waals surface area contributed by atoms with Gasteiger partial charge in [-0.25, -0.2) is 13.2 Å². The van der Waals surface area contributed by atoms with Gasteiger partial charge in [-0.3, -0.25) is 0 Å². The Morgan fingerprint density at radius 1 is 0.941 bits per heavy atom. The molecule has 17 heavy (non-hydrogen) atoms. The topological polar surface area (TPSA) is 9.23 Å². The summed E-state index contributed by atoms with van der Waals surface area (Å²) in [5.41, 5.74) is 0. The zero-order valence-electron chi connectivity index (χ0n) is 8.67. The summed E-state index contributed by atoms with van der Waals surface area (Å²) in [6.07, 6.45) is 0. The molecule has 1 nitrogen and oxygen atoms in total. The fourth-order valence-electron chi connectivity index (χ4n) is 0.982. The number of ether oxygens (including phenoxy) is 1. The van der Waals surface area contributed by atoms with E-state index >= 15 is 0 Å². The summed E-state index contributed by atoms with van der Waals surface area (Å²) < 4.78 is 68.9. The first-order valence-electron chi connectivity index (χ1n) is 4.60. The summed E-state index contributed by atoms with van der Waals surface area (Å²) >= 11 is 5.41. The Morgan fingerprint density at radius 3 is 1.76 bits per heavy atom. The summed E-state index contributed by atoms with van der Waals surface area (Å²) in [4.78, 5) is 0. The number of hydrogen-bond acceptors (Lipinski definition) is 1. The van der Waals surface area contributed by atoms with Gasteiger partial charge in [0.1, 0.15) is 0 Å². The van der Waals surface area contributed by atoms with E-state index in [1.165, 1.54) is 0 Å². The second-order valence-corrected chi connectivity index (χ2v) is 3.78. The molecule has 1 rings (SSSR count). The normalized spacial score (nSPS) is 12.6. The first-order valence-corrected chi connectivity index (χ1v) is 5.13. The molecule has 0 N–H and O–H groups in total. The lowest BCUT2D eigenvalue weighted by molar-refractivity contribution is 0.234. The third-order valence-corrected chi connectivity index (χ3v) is 2.47. The SMILES string of the molecule is CC(CCl)COc1c(F)c(F)c(F)c(F)c1F. The number of halogens is 6. The predicted octanol–water partition coefficient (Wildman–Crippen LogP) is 3.64. The van der Waals surface area contributed by atoms with Crippen LogP contribution in [0.1, 0.15) is 6.92 Å². The van der Waals surface area contributed by atoms with Crippen molar-refractivity contribution in [3.05, 3.63) is 29.1 Å². The van der Waals surface area contributed by atoms with E-state index < -0.39 is 34.8 Å². The lowest BCUT2D eigenvalue weighted by Gasteiger charge is -2.12. The van der Waals surface area contributed by atoms with Crippen molar-refractivity contribution in [2.45, 2.75) is 6.92 Å². The predicted molar refractivity (Wildman–Crippen MR) is 51.6 cm³/mol. The molecular weight excluding hydrogens is 267 g/mol. The van der Waals surface area contributed by atoms with Crippen LogP contribution in [0.4, 0.5) is 22.0 Å². The molecule has 0 saturated heterocycles. The van der Waals surface area contributed by atoms with Crippen molar-refractivity contribution in [3.8, 4) is 5.75 Å². The maximum Gasteiger partial charge on any atom is 0.206 e. The van der Waals surface area contributed by atoms with Crippen LogP contribution >= 0.6 is 11.6 Å². The Morgan fingerprint density at radius 2 is 1.35 bits per heavy atom. The highest BCUT2D eigenvalue weighted by Crippen LogP contribution is 2.29. The monoisotopic (exact) mass is 274 g/mol. The number of rotatable bonds is 4. The highest BCUT2D eigenvalue weighted by atomic mass is 35.5. The van der Waals surface area contributed by atoms with Gasteiger partial charge in [-0.1, -0.05) is 6.92 Å². The van der Waals surface area contributed by atoms with Gasteiger partial charge in [-0.2, -0.15) is 8.78 Å². The average Bonchev–Trinajstić information content (AvgIpc) is 2.33. The van der Waals surface area contributed by atoms with Gasteiger partial charge in [0, 0.05) is 11.8 Å². The molecule has 96 valence electrons. The van der Waals surface area contributed by atoms with Gasteiger partial charge in [0.25, 0.3) is 0 Å². The molecule has 0 saturated carbocycles. The molecule has 0 amide bonds. The van der Waals surface area contributed by atoms with Crippen LogP contribution in [-0.4, -0.2) is 12.5 Å². The van der Waals surface area contributed by atoms with E-state index in [-0.39, 0.29) is 18.4 Å². The number of benzene rings is 1. The zero-order valence-corrected chi connectivity index (χ0v) is 9.42. The second-order valence-electron chi connectivity index (χ2n) is 3.47. The zero-order chi connectivity index (χ0) is 13.2. The molecule has 0 bridgehead atoms. The molecule has 1 aromatic carbocycles. The Bertz CT molecular complexity index is 395. The molecule has 0 aliphatic rings. The van der Waals surface area contributed by atoms with E-state index in [9.17, 15) is 22.0 Å². The van der Waals surface area contributed by atoms with Crippen molar-refractivity contribution >= 4 is 11.6 Å². The standard InChI is InChI=1S/C10H8ClF5O/c1-4(2-11)3-17-10-8(15)6(13)5(12)7(14)9(10)16/h4H,2-3H2,1H3. The maximum atomic E-state index is 13.1. The Labute approximate surface area is 99.1 Å². The summed E-state index contributed by atoms with van der Waals surface area (Å²) in [5, 5.41) is 0. The largest absolute Gasteiger partial charge is 0.487 e. The molecule has 0 spiro atoms. The number of alkyl halides is 1. The molecule has 0 heterocycles. The van der Waals surface area contributed by atoms with Crippen molar-refractivity contribution in [1.29, 1.82) is 0 Å². The minimum absolute atomic E-state index is 0.134. The first-order chi connectivity index (χ1) is 7.90. The maximum absolute atomic E-state index is 13.1. The van der Waals surface area contributed by atoms with Crippen LogP contribution in [-0.2, 0) is 0 Å². The number of hydrogen-bond donors (Lipinski definition) is 0. The first kappa shape index (κ1) is 14.0. The van der Waals surface area contributed by atoms with E-state index in [0.717, 1.165) is 0 Å². The van der Waals surface area contributed by atoms with Crippen LogP contribution in [0.15, 0.2) is 0 Å². The van der Waals surface area contributed by atoms with Crippen molar-refractivity contribution in [2.24, 2.45) is 5.92 Å². The van der Waals surface area contributed by atoms with Gasteiger partial charge in [-0.15, -0.1) is 11.6 Å². The van der Waals surface area contributed by atoms with Crippen LogP contribution in [0.2, 0.25) is 0 Å². The second kappa shape index (κ2) is 5.53. The summed E-state index contributed by atoms with van der Waals surface area (Å²) in [6.45, 7) is 1.35. The van der Waals surface area contributed by atoms with Crippen molar-refractivity contribution < 1.29 is 26.7 Å². The molecule has 0 fully saturated rings. The lowest BCUT2D eigenvalue weighted by atomic mass is 10.2. The van der Waals surface area contributed by atoms with Crippen LogP contribution in [0.5, 0.6) is 5.75 Å². The molecule has 7 heteroatoms. The third-order valence-electron chi connectivity index (χ3n) is 1.95. The fraction of sp³-hybridized carbons (Fsp3) is 0.400. The summed E-state index contributed by atoms with van der Waals surface area (Å²) in [6, 6.07) is 0. The molecule has 0 aromatic heterocycles. The van der Waals surface area contributed by atoms with Gasteiger partial charge < -0.3 is 4.74 Å². The van der Waals surface area contributed by atoms with Crippen LogP contribution in [0, 0.1) is 35.0 Å². The van der Waals surface area contributed by atoms with E-state index in [4.69, 9.17) is 11.6 Å². The van der Waals surface area contributed by atoms with Gasteiger partial charge in [0.15, 0.2) is 5.75 Å². The molecule has 1 unspecified atom stereocenters. The van der Waals surface area contributed by atoms with E-state index in [1.807, 2.05) is 0 Å². The minimum Gasteiger partial charge on any atom is -0.487 e. The molecular formula is C10H8ClF5O. The quantitative estimate of drug-likeness (QED) is 0.353. The van der Waals surface area contributed by atoms with Crippen LogP contribution < -0.4 is 4.74 Å². The van der Waals surface area contributed by atoms with Crippen LogP contribution in [0.25, 0.3) is 0 Å². The molecule has 1 atom stereocenters. The van der Waals surface area contributed by atoms with Gasteiger partial charge in [0.05, 0.1) is 6.61 Å². The van der Waals surface area contributed by atoms with E-state index in [0.29, 0.717) is 0 Å². The Balaban J connectivity index is 3.07. The van der Waals surface area contributed by atoms with Gasteiger partial charge in [-0.05, 0) is 0 Å². The molecule has 0 radical (unpaired) electrons. The van der Waals surface area contributed by atoms with E-state index in [1.54, 1.807) is 6.92 Å². The highest BCUT2D eigenvalue weighted by molar-refractivity contribution is 6.18. The average molecular weight is 275 g/mol. The molecule has 0 aliphatic heterocycles. The van der Waals surface area contributed by atoms with E-state index in [2.05, 4.69) is 4.74 Å². The van der Waals surface area contributed by atoms with Crippen molar-refractivity contribution in [1.82, 2.24) is 0 Å². The fourth-order valence-corrected chi connectivity index (χ4v) is 1.07. The van der Waals surface area contributed by atoms with Gasteiger partial charge in [0.2, 0.25) is 29.1 Å². The minimum atomic E-state index is -2.21. The Kier molecular flexibility index (Phi) is 4.56. The molecule has 1 aromatic rings. The highest BCUT2D eigenvalue weighted by Gasteiger charge is 2.27. The van der Waals surface area contributed by atoms with Crippen molar-refractivity contribution in [3.63, 3.8) is 0 Å². The smallest absolute Gasteiger partial charge is 0.206 e. The Hall–Kier alpha value is -1.04. The molecule has 0 aliphatic carbocycles. The lowest BCUT2D eigenvalue weighted by Crippen LogP contribution is -2.13. The summed E-state index contributed by atoms with van der Waals surface area (Å²) in [7, 11) is 0. The third kappa shape index (κ3) is 2.80. The van der Waals surface area contributed by atoms with Gasteiger partial charge >= 0.3 is 0 Å². The van der Waals surface area contributed by atoms with Crippen molar-refractivity contribution in [2.75, 3.05) is 12.5 Å². The van der Waals surface area contributed by atoms with Crippen LogP contribution in [0.3, 0.4) is 0 Å².